The van der Waals surface area contributed by atoms with Gasteiger partial charge in [-0.05, 0) is 61.7 Å². The molecule has 1 aliphatic heterocycles. The van der Waals surface area contributed by atoms with E-state index in [9.17, 15) is 9.18 Å². The minimum Gasteiger partial charge on any atom is -0.484 e. The van der Waals surface area contributed by atoms with Gasteiger partial charge in [-0.1, -0.05) is 6.07 Å². The molecule has 0 bridgehead atoms. The van der Waals surface area contributed by atoms with Gasteiger partial charge in [0.05, 0.1) is 5.69 Å². The van der Waals surface area contributed by atoms with Gasteiger partial charge >= 0.3 is 0 Å². The zero-order valence-electron chi connectivity index (χ0n) is 17.3. The summed E-state index contributed by atoms with van der Waals surface area (Å²) in [6.45, 7) is 3.17. The normalized spacial score (nSPS) is 16.1. The Bertz CT molecular complexity index is 1030. The first-order valence-corrected chi connectivity index (χ1v) is 10.3. The smallest absolute Gasteiger partial charge is 0.260 e. The summed E-state index contributed by atoms with van der Waals surface area (Å²) < 4.78 is 18.5. The number of carbonyl (C=O) groups excluding carboxylic acids is 1. The van der Waals surface area contributed by atoms with E-state index in [0.29, 0.717) is 30.6 Å². The maximum Gasteiger partial charge on any atom is 0.260 e. The molecule has 1 saturated heterocycles. The topological polar surface area (TPSA) is 80.2 Å². The van der Waals surface area contributed by atoms with Crippen molar-refractivity contribution in [1.29, 1.82) is 0 Å². The minimum absolute atomic E-state index is 0.0754. The number of rotatable bonds is 6. The van der Waals surface area contributed by atoms with E-state index in [1.807, 2.05) is 25.1 Å². The lowest BCUT2D eigenvalue weighted by Gasteiger charge is -2.32. The summed E-state index contributed by atoms with van der Waals surface area (Å²) in [5.41, 5.74) is 1.97. The van der Waals surface area contributed by atoms with Crippen LogP contribution in [-0.2, 0) is 4.79 Å². The SMILES string of the molecule is Cc1ccc(Nc2nccc([C@@H]3CCCN(C(=O)COc4ccc(F)cc4)C3)n2)nc1. The second-order valence-corrected chi connectivity index (χ2v) is 7.57. The lowest BCUT2D eigenvalue weighted by molar-refractivity contribution is -0.134. The molecule has 31 heavy (non-hydrogen) atoms. The van der Waals surface area contributed by atoms with Crippen molar-refractivity contribution in [1.82, 2.24) is 19.9 Å². The summed E-state index contributed by atoms with van der Waals surface area (Å²) in [7, 11) is 0. The first kappa shape index (κ1) is 20.7. The number of hydrogen-bond acceptors (Lipinski definition) is 6. The summed E-state index contributed by atoms with van der Waals surface area (Å²) in [5, 5.41) is 3.13. The fourth-order valence-corrected chi connectivity index (χ4v) is 3.53. The lowest BCUT2D eigenvalue weighted by Crippen LogP contribution is -2.41. The molecule has 1 amide bonds. The number of anilines is 2. The fourth-order valence-electron chi connectivity index (χ4n) is 3.53. The molecule has 1 atom stereocenters. The lowest BCUT2D eigenvalue weighted by atomic mass is 9.94. The average Bonchev–Trinajstić information content (AvgIpc) is 2.80. The molecule has 0 spiro atoms. The summed E-state index contributed by atoms with van der Waals surface area (Å²) in [4.78, 5) is 27.7. The Balaban J connectivity index is 1.37. The molecule has 2 aromatic heterocycles. The Morgan fingerprint density at radius 1 is 1.19 bits per heavy atom. The average molecular weight is 421 g/mol. The number of hydrogen-bond donors (Lipinski definition) is 1. The van der Waals surface area contributed by atoms with Crippen molar-refractivity contribution >= 4 is 17.7 Å². The molecule has 0 saturated carbocycles. The Kier molecular flexibility index (Phi) is 6.35. The van der Waals surface area contributed by atoms with Gasteiger partial charge in [-0.25, -0.2) is 19.3 Å². The number of amides is 1. The van der Waals surface area contributed by atoms with E-state index < -0.39 is 0 Å². The van der Waals surface area contributed by atoms with Crippen molar-refractivity contribution in [2.45, 2.75) is 25.7 Å². The number of aryl methyl sites for hydroxylation is 1. The van der Waals surface area contributed by atoms with Crippen LogP contribution >= 0.6 is 0 Å². The Morgan fingerprint density at radius 3 is 2.81 bits per heavy atom. The highest BCUT2D eigenvalue weighted by Crippen LogP contribution is 2.26. The Morgan fingerprint density at radius 2 is 2.03 bits per heavy atom. The number of ether oxygens (including phenoxy) is 1. The number of nitrogens with one attached hydrogen (secondary N) is 1. The first-order valence-electron chi connectivity index (χ1n) is 10.3. The number of aromatic nitrogens is 3. The zero-order chi connectivity index (χ0) is 21.6. The molecular weight excluding hydrogens is 397 g/mol. The standard InChI is InChI=1S/C23H24FN5O2/c1-16-4-9-21(26-13-16)28-23-25-11-10-20(27-23)17-3-2-12-29(14-17)22(30)15-31-19-7-5-18(24)6-8-19/h4-11,13,17H,2-3,12,14-15H2,1H3,(H,25,26,27,28)/t17-/m1/s1. The second-order valence-electron chi connectivity index (χ2n) is 7.57. The molecule has 160 valence electrons. The van der Waals surface area contributed by atoms with Crippen molar-refractivity contribution < 1.29 is 13.9 Å². The largest absolute Gasteiger partial charge is 0.484 e. The first-order chi connectivity index (χ1) is 15.1. The highest BCUT2D eigenvalue weighted by Gasteiger charge is 2.26. The molecule has 1 aromatic carbocycles. The van der Waals surface area contributed by atoms with Crippen molar-refractivity contribution in [2.75, 3.05) is 25.0 Å². The molecule has 0 unspecified atom stereocenters. The van der Waals surface area contributed by atoms with Crippen LogP contribution in [0.25, 0.3) is 0 Å². The van der Waals surface area contributed by atoms with E-state index >= 15 is 0 Å². The molecule has 1 N–H and O–H groups in total. The van der Waals surface area contributed by atoms with Gasteiger partial charge in [-0.2, -0.15) is 0 Å². The molecule has 7 nitrogen and oxygen atoms in total. The zero-order valence-corrected chi connectivity index (χ0v) is 17.3. The number of nitrogens with zero attached hydrogens (tertiary/aromatic N) is 4. The van der Waals surface area contributed by atoms with Crippen LogP contribution in [0.5, 0.6) is 5.75 Å². The number of benzene rings is 1. The van der Waals surface area contributed by atoms with Gasteiger partial charge in [0, 0.05) is 31.4 Å². The molecular formula is C23H24FN5O2. The second kappa shape index (κ2) is 9.51. The molecule has 8 heteroatoms. The summed E-state index contributed by atoms with van der Waals surface area (Å²) in [5.74, 6) is 1.33. The van der Waals surface area contributed by atoms with Gasteiger partial charge in [0.2, 0.25) is 5.95 Å². The number of piperidine rings is 1. The van der Waals surface area contributed by atoms with E-state index in [1.165, 1.54) is 24.3 Å². The van der Waals surface area contributed by atoms with Gasteiger partial charge in [0.1, 0.15) is 17.4 Å². The van der Waals surface area contributed by atoms with E-state index in [2.05, 4.69) is 20.3 Å². The summed E-state index contributed by atoms with van der Waals surface area (Å²) >= 11 is 0. The molecule has 1 aliphatic rings. The van der Waals surface area contributed by atoms with Gasteiger partial charge in [0.15, 0.2) is 6.61 Å². The van der Waals surface area contributed by atoms with Gasteiger partial charge in [-0.15, -0.1) is 0 Å². The molecule has 3 aromatic rings. The van der Waals surface area contributed by atoms with Crippen LogP contribution in [0.15, 0.2) is 54.9 Å². The summed E-state index contributed by atoms with van der Waals surface area (Å²) in [6.07, 6.45) is 5.34. The maximum absolute atomic E-state index is 13.0. The van der Waals surface area contributed by atoms with E-state index in [4.69, 9.17) is 4.74 Å². The highest BCUT2D eigenvalue weighted by atomic mass is 19.1. The fraction of sp³-hybridized carbons (Fsp3) is 0.304. The quantitative estimate of drug-likeness (QED) is 0.651. The minimum atomic E-state index is -0.339. The van der Waals surface area contributed by atoms with Crippen LogP contribution in [0.1, 0.15) is 30.0 Å². The Hall–Kier alpha value is -3.55. The predicted molar refractivity (Wildman–Crippen MR) is 115 cm³/mol. The van der Waals surface area contributed by atoms with E-state index in [1.54, 1.807) is 17.3 Å². The number of halogens is 1. The van der Waals surface area contributed by atoms with Crippen molar-refractivity contribution in [2.24, 2.45) is 0 Å². The van der Waals surface area contributed by atoms with Gasteiger partial charge < -0.3 is 15.0 Å². The van der Waals surface area contributed by atoms with Crippen LogP contribution in [0.3, 0.4) is 0 Å². The third-order valence-corrected chi connectivity index (χ3v) is 5.20. The predicted octanol–water partition coefficient (Wildman–Crippen LogP) is 3.85. The van der Waals surface area contributed by atoms with E-state index in [0.717, 1.165) is 24.1 Å². The Labute approximate surface area is 180 Å². The maximum atomic E-state index is 13.0. The molecule has 0 aliphatic carbocycles. The van der Waals surface area contributed by atoms with Crippen LogP contribution in [0.2, 0.25) is 0 Å². The van der Waals surface area contributed by atoms with Gasteiger partial charge in [0.25, 0.3) is 5.91 Å². The molecule has 0 radical (unpaired) electrons. The van der Waals surface area contributed by atoms with Gasteiger partial charge in [-0.3, -0.25) is 4.79 Å². The third kappa shape index (κ3) is 5.53. The number of pyridine rings is 1. The van der Waals surface area contributed by atoms with Crippen LogP contribution in [-0.4, -0.2) is 45.5 Å². The van der Waals surface area contributed by atoms with Crippen LogP contribution in [0, 0.1) is 12.7 Å². The number of carbonyl (C=O) groups is 1. The molecule has 1 fully saturated rings. The van der Waals surface area contributed by atoms with E-state index in [-0.39, 0.29) is 24.2 Å². The van der Waals surface area contributed by atoms with Crippen LogP contribution < -0.4 is 10.1 Å². The number of likely N-dealkylation sites (tertiary alicyclic amines) is 1. The molecule has 4 rings (SSSR count). The van der Waals surface area contributed by atoms with Crippen molar-refractivity contribution in [3.63, 3.8) is 0 Å². The molecule has 3 heterocycles. The highest BCUT2D eigenvalue weighted by molar-refractivity contribution is 5.78. The van der Waals surface area contributed by atoms with Crippen molar-refractivity contribution in [3.05, 3.63) is 71.9 Å². The summed E-state index contributed by atoms with van der Waals surface area (Å²) in [6, 6.07) is 11.4. The van der Waals surface area contributed by atoms with Crippen LogP contribution in [0.4, 0.5) is 16.2 Å². The monoisotopic (exact) mass is 421 g/mol. The third-order valence-electron chi connectivity index (χ3n) is 5.20. The van der Waals surface area contributed by atoms with Crippen molar-refractivity contribution in [3.8, 4) is 5.75 Å².